The first kappa shape index (κ1) is 12.4. The fourth-order valence-corrected chi connectivity index (χ4v) is 1.09. The zero-order valence-corrected chi connectivity index (χ0v) is 9.14. The van der Waals surface area contributed by atoms with E-state index in [1.807, 2.05) is 19.0 Å². The number of benzene rings is 1. The number of rotatable bonds is 5. The Morgan fingerprint density at radius 1 is 1.50 bits per heavy atom. The lowest BCUT2D eigenvalue weighted by Crippen LogP contribution is -2.19. The molecule has 88 valence electrons. The van der Waals surface area contributed by atoms with Crippen LogP contribution >= 0.6 is 0 Å². The number of nitro groups is 1. The average Bonchev–Trinajstić information content (AvgIpc) is 2.16. The van der Waals surface area contributed by atoms with Crippen LogP contribution in [0.5, 0.6) is 5.75 Å². The van der Waals surface area contributed by atoms with E-state index in [2.05, 4.69) is 0 Å². The molecule has 0 aliphatic carbocycles. The van der Waals surface area contributed by atoms with Gasteiger partial charge in [-0.05, 0) is 20.2 Å². The molecule has 0 aliphatic heterocycles. The molecule has 0 heterocycles. The molecule has 1 aromatic rings. The van der Waals surface area contributed by atoms with E-state index in [-0.39, 0.29) is 18.0 Å². The summed E-state index contributed by atoms with van der Waals surface area (Å²) >= 11 is 0. The lowest BCUT2D eigenvalue weighted by molar-refractivity contribution is -0.385. The molecular weight excluding hydrogens is 215 g/mol. The first-order chi connectivity index (χ1) is 7.50. The van der Waals surface area contributed by atoms with Gasteiger partial charge in [0.15, 0.2) is 5.75 Å². The van der Waals surface area contributed by atoms with Crippen LogP contribution in [-0.2, 0) is 0 Å². The normalized spacial score (nSPS) is 10.5. The molecule has 0 saturated carbocycles. The Balaban J connectivity index is 2.76. The minimum absolute atomic E-state index is 0.0353. The summed E-state index contributed by atoms with van der Waals surface area (Å²) in [6.45, 7) is 0.880. The fraction of sp³-hybridized carbons (Fsp3) is 0.400. The highest BCUT2D eigenvalue weighted by Crippen LogP contribution is 2.27. The second kappa shape index (κ2) is 5.41. The number of nitro benzene ring substituents is 1. The second-order valence-corrected chi connectivity index (χ2v) is 3.52. The lowest BCUT2D eigenvalue weighted by Gasteiger charge is -2.10. The number of ether oxygens (including phenoxy) is 1. The maximum Gasteiger partial charge on any atom is 0.311 e. The third-order valence-electron chi connectivity index (χ3n) is 1.91. The van der Waals surface area contributed by atoms with Gasteiger partial charge in [0.1, 0.15) is 12.4 Å². The van der Waals surface area contributed by atoms with Gasteiger partial charge in [-0.2, -0.15) is 0 Å². The van der Waals surface area contributed by atoms with Gasteiger partial charge in [-0.25, -0.2) is 4.39 Å². The van der Waals surface area contributed by atoms with Crippen molar-refractivity contribution in [3.63, 3.8) is 0 Å². The van der Waals surface area contributed by atoms with Gasteiger partial charge >= 0.3 is 5.69 Å². The SMILES string of the molecule is CN(C)CCOc1cc(F)ccc1[N+](=O)[O-]. The summed E-state index contributed by atoms with van der Waals surface area (Å²) in [6, 6.07) is 3.16. The molecule has 0 fully saturated rings. The van der Waals surface area contributed by atoms with Crippen molar-refractivity contribution in [3.05, 3.63) is 34.1 Å². The first-order valence-corrected chi connectivity index (χ1v) is 4.72. The summed E-state index contributed by atoms with van der Waals surface area (Å²) in [6.07, 6.45) is 0. The summed E-state index contributed by atoms with van der Waals surface area (Å²) in [4.78, 5) is 11.9. The van der Waals surface area contributed by atoms with Crippen LogP contribution in [0.25, 0.3) is 0 Å². The van der Waals surface area contributed by atoms with Crippen molar-refractivity contribution in [2.24, 2.45) is 0 Å². The molecule has 16 heavy (non-hydrogen) atoms. The third kappa shape index (κ3) is 3.47. The standard InChI is InChI=1S/C10H13FN2O3/c1-12(2)5-6-16-10-7-8(11)3-4-9(10)13(14)15/h3-4,7H,5-6H2,1-2H3. The highest BCUT2D eigenvalue weighted by molar-refractivity contribution is 5.46. The summed E-state index contributed by atoms with van der Waals surface area (Å²) in [5, 5.41) is 10.6. The van der Waals surface area contributed by atoms with E-state index in [0.717, 1.165) is 18.2 Å². The molecule has 0 N–H and O–H groups in total. The van der Waals surface area contributed by atoms with Crippen LogP contribution in [0.3, 0.4) is 0 Å². The average molecular weight is 228 g/mol. The monoisotopic (exact) mass is 228 g/mol. The Kier molecular flexibility index (Phi) is 4.19. The van der Waals surface area contributed by atoms with E-state index < -0.39 is 10.7 Å². The number of nitrogens with zero attached hydrogens (tertiary/aromatic N) is 2. The van der Waals surface area contributed by atoms with Crippen LogP contribution in [0, 0.1) is 15.9 Å². The Bertz CT molecular complexity index is 382. The Morgan fingerprint density at radius 3 is 2.75 bits per heavy atom. The van der Waals surface area contributed by atoms with Crippen molar-refractivity contribution < 1.29 is 14.1 Å². The zero-order chi connectivity index (χ0) is 12.1. The molecule has 0 unspecified atom stereocenters. The molecule has 0 amide bonds. The van der Waals surface area contributed by atoms with Crippen molar-refractivity contribution in [1.82, 2.24) is 4.90 Å². The number of likely N-dealkylation sites (N-methyl/N-ethyl adjacent to an activating group) is 1. The number of hydrogen-bond donors (Lipinski definition) is 0. The molecule has 0 radical (unpaired) electrons. The molecule has 0 spiro atoms. The third-order valence-corrected chi connectivity index (χ3v) is 1.91. The van der Waals surface area contributed by atoms with Crippen molar-refractivity contribution in [3.8, 4) is 5.75 Å². The van der Waals surface area contributed by atoms with Crippen LogP contribution in [0.1, 0.15) is 0 Å². The van der Waals surface area contributed by atoms with Gasteiger partial charge in [0, 0.05) is 18.7 Å². The molecule has 0 aromatic heterocycles. The van der Waals surface area contributed by atoms with Gasteiger partial charge < -0.3 is 9.64 Å². The summed E-state index contributed by atoms with van der Waals surface area (Å²) in [5.74, 6) is -0.586. The predicted molar refractivity (Wildman–Crippen MR) is 57.1 cm³/mol. The highest BCUT2D eigenvalue weighted by atomic mass is 19.1. The van der Waals surface area contributed by atoms with E-state index in [4.69, 9.17) is 4.74 Å². The first-order valence-electron chi connectivity index (χ1n) is 4.72. The maximum atomic E-state index is 12.9. The van der Waals surface area contributed by atoms with Crippen LogP contribution in [0.15, 0.2) is 18.2 Å². The van der Waals surface area contributed by atoms with Gasteiger partial charge in [0.2, 0.25) is 0 Å². The largest absolute Gasteiger partial charge is 0.485 e. The van der Waals surface area contributed by atoms with E-state index in [0.29, 0.717) is 6.54 Å². The van der Waals surface area contributed by atoms with Crippen molar-refractivity contribution >= 4 is 5.69 Å². The minimum atomic E-state index is -0.593. The van der Waals surface area contributed by atoms with Crippen LogP contribution in [0.4, 0.5) is 10.1 Å². The molecule has 5 nitrogen and oxygen atoms in total. The summed E-state index contributed by atoms with van der Waals surface area (Å²) in [7, 11) is 3.70. The molecule has 1 aromatic carbocycles. The Morgan fingerprint density at radius 2 is 2.19 bits per heavy atom. The van der Waals surface area contributed by atoms with Crippen molar-refractivity contribution in [2.75, 3.05) is 27.2 Å². The van der Waals surface area contributed by atoms with Gasteiger partial charge in [0.05, 0.1) is 4.92 Å². The number of halogens is 1. The van der Waals surface area contributed by atoms with E-state index in [9.17, 15) is 14.5 Å². The Hall–Kier alpha value is -1.69. The van der Waals surface area contributed by atoms with E-state index in [1.54, 1.807) is 0 Å². The molecule has 1 rings (SSSR count). The molecule has 6 heteroatoms. The summed E-state index contributed by atoms with van der Waals surface area (Å²) < 4.78 is 18.1. The van der Waals surface area contributed by atoms with E-state index in [1.165, 1.54) is 0 Å². The molecular formula is C10H13FN2O3. The minimum Gasteiger partial charge on any atom is -0.485 e. The smallest absolute Gasteiger partial charge is 0.311 e. The van der Waals surface area contributed by atoms with Gasteiger partial charge in [-0.3, -0.25) is 10.1 Å². The Labute approximate surface area is 92.6 Å². The predicted octanol–water partition coefficient (Wildman–Crippen LogP) is 1.67. The molecule has 0 saturated heterocycles. The van der Waals surface area contributed by atoms with Gasteiger partial charge in [-0.15, -0.1) is 0 Å². The molecule has 0 aliphatic rings. The van der Waals surface area contributed by atoms with Crippen molar-refractivity contribution in [1.29, 1.82) is 0 Å². The van der Waals surface area contributed by atoms with Crippen LogP contribution in [-0.4, -0.2) is 37.1 Å². The van der Waals surface area contributed by atoms with Crippen LogP contribution < -0.4 is 4.74 Å². The molecule has 0 bridgehead atoms. The van der Waals surface area contributed by atoms with E-state index >= 15 is 0 Å². The molecule has 0 atom stereocenters. The van der Waals surface area contributed by atoms with Gasteiger partial charge in [0.25, 0.3) is 0 Å². The topological polar surface area (TPSA) is 55.6 Å². The van der Waals surface area contributed by atoms with Crippen molar-refractivity contribution in [2.45, 2.75) is 0 Å². The highest BCUT2D eigenvalue weighted by Gasteiger charge is 2.15. The summed E-state index contributed by atoms with van der Waals surface area (Å²) in [5.41, 5.74) is -0.222. The fourth-order valence-electron chi connectivity index (χ4n) is 1.09. The number of hydrogen-bond acceptors (Lipinski definition) is 4. The van der Waals surface area contributed by atoms with Gasteiger partial charge in [-0.1, -0.05) is 0 Å². The zero-order valence-electron chi connectivity index (χ0n) is 9.14. The second-order valence-electron chi connectivity index (χ2n) is 3.52. The maximum absolute atomic E-state index is 12.9. The van der Waals surface area contributed by atoms with Crippen LogP contribution in [0.2, 0.25) is 0 Å². The quantitative estimate of drug-likeness (QED) is 0.568. The lowest BCUT2D eigenvalue weighted by atomic mass is 10.3.